The molecule has 0 saturated heterocycles. The Morgan fingerprint density at radius 1 is 0.500 bits per heavy atom. The second-order valence-electron chi connectivity index (χ2n) is 5.46. The van der Waals surface area contributed by atoms with Crippen molar-refractivity contribution < 1.29 is 55.8 Å². The topological polar surface area (TPSA) is 159 Å². The van der Waals surface area contributed by atoms with Gasteiger partial charge in [-0.25, -0.2) is 0 Å². The van der Waals surface area contributed by atoms with Crippen molar-refractivity contribution in [3.63, 3.8) is 0 Å². The maximum Gasteiger partial charge on any atom is 0.394 e. The van der Waals surface area contributed by atoms with Crippen LogP contribution in [-0.2, 0) is 43.6 Å². The minimum absolute atomic E-state index is 0.0382. The van der Waals surface area contributed by atoms with Crippen LogP contribution in [0.4, 0.5) is 0 Å². The van der Waals surface area contributed by atoms with Gasteiger partial charge in [-0.3, -0.25) is 9.11 Å². The molecule has 0 aromatic rings. The summed E-state index contributed by atoms with van der Waals surface area (Å²) in [6, 6.07) is 0. The van der Waals surface area contributed by atoms with Crippen LogP contribution in [0.3, 0.4) is 0 Å². The molecular weight excluding hydrogens is 428 g/mol. The van der Waals surface area contributed by atoms with Crippen LogP contribution in [0.5, 0.6) is 0 Å². The van der Waals surface area contributed by atoms with Crippen molar-refractivity contribution >= 4 is 10.4 Å². The molecule has 0 spiro atoms. The fourth-order valence-electron chi connectivity index (χ4n) is 1.63. The number of hydrogen-bond donors (Lipinski definition) is 3. The summed E-state index contributed by atoms with van der Waals surface area (Å²) in [4.78, 5) is 0. The van der Waals surface area contributed by atoms with E-state index in [1.54, 1.807) is 0 Å². The number of aliphatic hydroxyl groups is 1. The molecule has 0 rings (SSSR count). The number of ether oxygens (including phenoxy) is 7. The smallest absolute Gasteiger partial charge is 0.394 e. The highest BCUT2D eigenvalue weighted by atomic mass is 32.3. The summed E-state index contributed by atoms with van der Waals surface area (Å²) in [5.74, 6) is 0. The van der Waals surface area contributed by atoms with Crippen molar-refractivity contribution in [1.29, 1.82) is 0 Å². The summed E-state index contributed by atoms with van der Waals surface area (Å²) in [5.41, 5.74) is 0. The van der Waals surface area contributed by atoms with Crippen LogP contribution in [-0.4, -0.2) is 122 Å². The maximum absolute atomic E-state index is 8.74. The lowest BCUT2D eigenvalue weighted by molar-refractivity contribution is -0.0214. The van der Waals surface area contributed by atoms with E-state index in [-0.39, 0.29) is 6.61 Å². The molecule has 0 unspecified atom stereocenters. The van der Waals surface area contributed by atoms with Gasteiger partial charge < -0.3 is 38.3 Å². The Kier molecular flexibility index (Phi) is 28.1. The first-order chi connectivity index (χ1) is 14.4. The Morgan fingerprint density at radius 2 is 0.700 bits per heavy atom. The molecule has 0 aromatic carbocycles. The van der Waals surface area contributed by atoms with Crippen LogP contribution in [0.15, 0.2) is 0 Å². The summed E-state index contributed by atoms with van der Waals surface area (Å²) < 4.78 is 68.7. The Hall–Kier alpha value is -0.450. The van der Waals surface area contributed by atoms with Crippen molar-refractivity contribution in [2.24, 2.45) is 0 Å². The SMILES string of the molecule is CCCOCCOCCOCCOCCOCCOCCOCCO.O=S(=O)(O)O. The lowest BCUT2D eigenvalue weighted by atomic mass is 10.5. The largest absolute Gasteiger partial charge is 0.394 e. The van der Waals surface area contributed by atoms with Gasteiger partial charge in [-0.05, 0) is 6.42 Å². The highest BCUT2D eigenvalue weighted by Gasteiger charge is 1.94. The molecule has 0 saturated carbocycles. The minimum Gasteiger partial charge on any atom is -0.394 e. The molecule has 0 amide bonds. The first-order valence-corrected chi connectivity index (χ1v) is 11.2. The first-order valence-electron chi connectivity index (χ1n) is 9.76. The quantitative estimate of drug-likeness (QED) is 0.143. The molecule has 0 aliphatic heterocycles. The molecule has 0 aliphatic carbocycles. The summed E-state index contributed by atoms with van der Waals surface area (Å²) in [6.45, 7) is 9.84. The van der Waals surface area contributed by atoms with Crippen LogP contribution in [0, 0.1) is 0 Å². The van der Waals surface area contributed by atoms with Gasteiger partial charge in [0.2, 0.25) is 0 Å². The maximum atomic E-state index is 8.74. The zero-order valence-corrected chi connectivity index (χ0v) is 18.6. The molecule has 30 heavy (non-hydrogen) atoms. The van der Waals surface area contributed by atoms with Crippen molar-refractivity contribution in [2.75, 3.05) is 99.1 Å². The second kappa shape index (κ2) is 26.6. The van der Waals surface area contributed by atoms with Gasteiger partial charge in [0.05, 0.1) is 92.5 Å². The van der Waals surface area contributed by atoms with E-state index in [1.165, 1.54) is 0 Å². The van der Waals surface area contributed by atoms with Gasteiger partial charge in [-0.2, -0.15) is 8.42 Å². The third-order valence-corrected chi connectivity index (χ3v) is 2.82. The molecule has 12 nitrogen and oxygen atoms in total. The van der Waals surface area contributed by atoms with E-state index in [0.717, 1.165) is 13.0 Å². The van der Waals surface area contributed by atoms with Crippen molar-refractivity contribution in [3.8, 4) is 0 Å². The molecule has 0 fully saturated rings. The predicted octanol–water partition coefficient (Wildman–Crippen LogP) is -0.148. The third kappa shape index (κ3) is 41.8. The predicted molar refractivity (Wildman–Crippen MR) is 107 cm³/mol. The van der Waals surface area contributed by atoms with Gasteiger partial charge >= 0.3 is 10.4 Å². The number of hydrogen-bond acceptors (Lipinski definition) is 10. The summed E-state index contributed by atoms with van der Waals surface area (Å²) >= 11 is 0. The van der Waals surface area contributed by atoms with Crippen LogP contribution >= 0.6 is 0 Å². The Balaban J connectivity index is 0. The number of rotatable bonds is 22. The van der Waals surface area contributed by atoms with Gasteiger partial charge in [-0.15, -0.1) is 0 Å². The van der Waals surface area contributed by atoms with Gasteiger partial charge in [0, 0.05) is 6.61 Å². The number of aliphatic hydroxyl groups excluding tert-OH is 1. The highest BCUT2D eigenvalue weighted by Crippen LogP contribution is 1.85. The fraction of sp³-hybridized carbons (Fsp3) is 1.00. The van der Waals surface area contributed by atoms with Crippen LogP contribution in [0.25, 0.3) is 0 Å². The van der Waals surface area contributed by atoms with Gasteiger partial charge in [0.1, 0.15) is 0 Å². The average molecular weight is 467 g/mol. The molecule has 0 bridgehead atoms. The first kappa shape index (κ1) is 31.7. The van der Waals surface area contributed by atoms with Crippen molar-refractivity contribution in [1.82, 2.24) is 0 Å². The second-order valence-corrected chi connectivity index (χ2v) is 6.35. The van der Waals surface area contributed by atoms with Gasteiger partial charge in [0.15, 0.2) is 0 Å². The lowest BCUT2D eigenvalue weighted by Crippen LogP contribution is -2.14. The van der Waals surface area contributed by atoms with Crippen molar-refractivity contribution in [3.05, 3.63) is 0 Å². The standard InChI is InChI=1S/C17H36O8.H2O4S/c1-2-4-19-6-8-21-10-12-23-14-16-25-17-15-24-13-11-22-9-7-20-5-3-18;1-5(2,3)4/h18H,2-17H2,1H3;(H2,1,2,3,4). The molecule has 0 radical (unpaired) electrons. The monoisotopic (exact) mass is 466 g/mol. The molecular formula is C17H38O12S. The zero-order chi connectivity index (χ0) is 22.8. The van der Waals surface area contributed by atoms with Gasteiger partial charge in [-0.1, -0.05) is 6.92 Å². The Bertz CT molecular complexity index is 378. The van der Waals surface area contributed by atoms with Gasteiger partial charge in [0.25, 0.3) is 0 Å². The van der Waals surface area contributed by atoms with E-state index in [1.807, 2.05) is 0 Å². The Labute approximate surface area is 179 Å². The Morgan fingerprint density at radius 3 is 0.900 bits per heavy atom. The highest BCUT2D eigenvalue weighted by molar-refractivity contribution is 7.79. The lowest BCUT2D eigenvalue weighted by Gasteiger charge is -2.08. The molecule has 3 N–H and O–H groups in total. The van der Waals surface area contributed by atoms with Crippen LogP contribution < -0.4 is 0 Å². The van der Waals surface area contributed by atoms with E-state index in [4.69, 9.17) is 55.8 Å². The molecule has 0 aromatic heterocycles. The van der Waals surface area contributed by atoms with E-state index in [0.29, 0.717) is 85.9 Å². The fourth-order valence-corrected chi connectivity index (χ4v) is 1.63. The summed E-state index contributed by atoms with van der Waals surface area (Å²) in [6.07, 6.45) is 1.03. The molecule has 0 aliphatic rings. The average Bonchev–Trinajstić information content (AvgIpc) is 2.68. The summed E-state index contributed by atoms with van der Waals surface area (Å²) in [7, 11) is -4.67. The van der Waals surface area contributed by atoms with E-state index in [9.17, 15) is 0 Å². The van der Waals surface area contributed by atoms with E-state index >= 15 is 0 Å². The summed E-state index contributed by atoms with van der Waals surface area (Å²) in [5, 5.41) is 8.51. The molecule has 184 valence electrons. The van der Waals surface area contributed by atoms with Crippen molar-refractivity contribution in [2.45, 2.75) is 13.3 Å². The molecule has 0 heterocycles. The van der Waals surface area contributed by atoms with E-state index < -0.39 is 10.4 Å². The minimum atomic E-state index is -4.67. The normalized spacial score (nSPS) is 11.3. The zero-order valence-electron chi connectivity index (χ0n) is 17.7. The molecule has 0 atom stereocenters. The third-order valence-electron chi connectivity index (χ3n) is 2.82. The molecule has 13 heteroatoms. The van der Waals surface area contributed by atoms with Crippen LogP contribution in [0.1, 0.15) is 13.3 Å². The van der Waals surface area contributed by atoms with Crippen LogP contribution in [0.2, 0.25) is 0 Å². The van der Waals surface area contributed by atoms with E-state index in [2.05, 4.69) is 6.92 Å².